The van der Waals surface area contributed by atoms with Gasteiger partial charge in [-0.25, -0.2) is 0 Å². The molecular weight excluding hydrogens is 260 g/mol. The highest BCUT2D eigenvalue weighted by atomic mass is 32.2. The van der Waals surface area contributed by atoms with E-state index in [0.717, 1.165) is 12.3 Å². The van der Waals surface area contributed by atoms with Crippen molar-refractivity contribution in [3.05, 3.63) is 0 Å². The van der Waals surface area contributed by atoms with Crippen molar-refractivity contribution in [1.82, 2.24) is 5.32 Å². The minimum absolute atomic E-state index is 0.00893. The molecule has 0 aromatic rings. The minimum Gasteiger partial charge on any atom is -0.378 e. The van der Waals surface area contributed by atoms with Crippen molar-refractivity contribution < 1.29 is 9.53 Å². The first-order valence-electron chi connectivity index (χ1n) is 7.18. The Balaban J connectivity index is 1.87. The quantitative estimate of drug-likeness (QED) is 0.801. The Labute approximate surface area is 120 Å². The molecule has 0 radical (unpaired) electrons. The maximum absolute atomic E-state index is 12.4. The zero-order valence-electron chi connectivity index (χ0n) is 12.2. The molecule has 5 heteroatoms. The van der Waals surface area contributed by atoms with Gasteiger partial charge in [0, 0.05) is 25.0 Å². The van der Waals surface area contributed by atoms with Crippen LogP contribution in [0, 0.1) is 11.3 Å². The van der Waals surface area contributed by atoms with Gasteiger partial charge in [0.15, 0.2) is 0 Å². The monoisotopic (exact) mass is 286 g/mol. The van der Waals surface area contributed by atoms with Gasteiger partial charge in [0.1, 0.15) is 5.54 Å². The van der Waals surface area contributed by atoms with Crippen molar-refractivity contribution in [1.29, 1.82) is 0 Å². The van der Waals surface area contributed by atoms with Crippen LogP contribution in [0.1, 0.15) is 33.6 Å². The van der Waals surface area contributed by atoms with Gasteiger partial charge in [0.05, 0.1) is 6.10 Å². The Bertz CT molecular complexity index is 342. The van der Waals surface area contributed by atoms with Gasteiger partial charge in [0.2, 0.25) is 5.91 Å². The number of carbonyl (C=O) groups excluding carboxylic acids is 1. The van der Waals surface area contributed by atoms with Gasteiger partial charge in [-0.1, -0.05) is 13.8 Å². The lowest BCUT2D eigenvalue weighted by Gasteiger charge is -2.57. The van der Waals surface area contributed by atoms with Crippen LogP contribution in [0.5, 0.6) is 0 Å². The van der Waals surface area contributed by atoms with E-state index in [1.165, 1.54) is 12.2 Å². The summed E-state index contributed by atoms with van der Waals surface area (Å²) in [5, 5.41) is 3.05. The average molecular weight is 286 g/mol. The molecule has 1 saturated heterocycles. The van der Waals surface area contributed by atoms with Gasteiger partial charge in [-0.15, -0.1) is 0 Å². The first-order chi connectivity index (χ1) is 8.91. The Hall–Kier alpha value is -0.260. The summed E-state index contributed by atoms with van der Waals surface area (Å²) in [5.41, 5.74) is 5.26. The second kappa shape index (κ2) is 5.62. The SMILES string of the molecule is CCOC1CC(N)(C(=O)NCC2CCSC2)C1(C)C. The number of amides is 1. The van der Waals surface area contributed by atoms with Crippen molar-refractivity contribution in [2.75, 3.05) is 24.7 Å². The van der Waals surface area contributed by atoms with Crippen LogP contribution >= 0.6 is 11.8 Å². The van der Waals surface area contributed by atoms with Crippen molar-refractivity contribution in [2.24, 2.45) is 17.1 Å². The number of nitrogens with one attached hydrogen (secondary N) is 1. The van der Waals surface area contributed by atoms with Crippen LogP contribution in [-0.2, 0) is 9.53 Å². The van der Waals surface area contributed by atoms with Crippen LogP contribution in [0.2, 0.25) is 0 Å². The van der Waals surface area contributed by atoms with Crippen LogP contribution < -0.4 is 11.1 Å². The average Bonchev–Trinajstić information content (AvgIpc) is 2.88. The van der Waals surface area contributed by atoms with E-state index in [1.54, 1.807) is 0 Å². The smallest absolute Gasteiger partial charge is 0.240 e. The van der Waals surface area contributed by atoms with E-state index in [9.17, 15) is 4.79 Å². The fourth-order valence-electron chi connectivity index (χ4n) is 2.96. The van der Waals surface area contributed by atoms with Gasteiger partial charge in [-0.2, -0.15) is 11.8 Å². The highest BCUT2D eigenvalue weighted by molar-refractivity contribution is 7.99. The van der Waals surface area contributed by atoms with E-state index in [4.69, 9.17) is 10.5 Å². The lowest BCUT2D eigenvalue weighted by molar-refractivity contribution is -0.170. The van der Waals surface area contributed by atoms with Crippen molar-refractivity contribution >= 4 is 17.7 Å². The standard InChI is InChI=1S/C14H26N2O2S/c1-4-18-11-7-14(15,13(11,2)3)12(17)16-8-10-5-6-19-9-10/h10-11H,4-9,15H2,1-3H3,(H,16,17). The number of thioether (sulfide) groups is 1. The summed E-state index contributed by atoms with van der Waals surface area (Å²) in [6.07, 6.45) is 1.92. The van der Waals surface area contributed by atoms with E-state index in [2.05, 4.69) is 5.32 Å². The lowest BCUT2D eigenvalue weighted by atomic mass is 9.54. The molecule has 2 aliphatic rings. The maximum Gasteiger partial charge on any atom is 0.240 e. The minimum atomic E-state index is -0.779. The van der Waals surface area contributed by atoms with Crippen LogP contribution in [0.4, 0.5) is 0 Å². The van der Waals surface area contributed by atoms with E-state index in [1.807, 2.05) is 32.5 Å². The molecule has 2 rings (SSSR count). The van der Waals surface area contributed by atoms with Crippen LogP contribution in [-0.4, -0.2) is 42.2 Å². The number of ether oxygens (including phenoxy) is 1. The molecule has 3 atom stereocenters. The normalized spacial score (nSPS) is 36.8. The van der Waals surface area contributed by atoms with Crippen LogP contribution in [0.25, 0.3) is 0 Å². The number of rotatable bonds is 5. The molecule has 0 spiro atoms. The lowest BCUT2D eigenvalue weighted by Crippen LogP contribution is -2.75. The molecule has 1 aliphatic carbocycles. The molecule has 110 valence electrons. The summed E-state index contributed by atoms with van der Waals surface area (Å²) in [7, 11) is 0. The first kappa shape index (κ1) is 15.1. The molecule has 1 amide bonds. The van der Waals surface area contributed by atoms with Gasteiger partial charge in [0.25, 0.3) is 0 Å². The molecule has 1 aliphatic heterocycles. The molecule has 0 aromatic carbocycles. The zero-order valence-corrected chi connectivity index (χ0v) is 13.0. The molecular formula is C14H26N2O2S. The predicted molar refractivity (Wildman–Crippen MR) is 79.2 cm³/mol. The third-order valence-electron chi connectivity index (χ3n) is 4.81. The van der Waals surface area contributed by atoms with Gasteiger partial charge < -0.3 is 15.8 Å². The van der Waals surface area contributed by atoms with E-state index < -0.39 is 5.54 Å². The molecule has 0 aromatic heterocycles. The van der Waals surface area contributed by atoms with Crippen LogP contribution in [0.15, 0.2) is 0 Å². The molecule has 19 heavy (non-hydrogen) atoms. The fourth-order valence-corrected chi connectivity index (χ4v) is 4.24. The zero-order chi connectivity index (χ0) is 14.1. The molecule has 2 fully saturated rings. The number of hydrogen-bond acceptors (Lipinski definition) is 4. The Kier molecular flexibility index (Phi) is 4.48. The molecule has 3 unspecified atom stereocenters. The summed E-state index contributed by atoms with van der Waals surface area (Å²) in [6.45, 7) is 7.47. The van der Waals surface area contributed by atoms with E-state index in [-0.39, 0.29) is 17.4 Å². The Morgan fingerprint density at radius 1 is 1.53 bits per heavy atom. The molecule has 3 N–H and O–H groups in total. The maximum atomic E-state index is 12.4. The molecule has 0 bridgehead atoms. The number of hydrogen-bond donors (Lipinski definition) is 2. The molecule has 1 heterocycles. The first-order valence-corrected chi connectivity index (χ1v) is 8.34. The summed E-state index contributed by atoms with van der Waals surface area (Å²) in [4.78, 5) is 12.4. The highest BCUT2D eigenvalue weighted by Gasteiger charge is 2.62. The van der Waals surface area contributed by atoms with E-state index >= 15 is 0 Å². The number of nitrogens with two attached hydrogens (primary N) is 1. The second-order valence-electron chi connectivity index (χ2n) is 6.28. The van der Waals surface area contributed by atoms with Crippen molar-refractivity contribution in [3.8, 4) is 0 Å². The number of carbonyl (C=O) groups is 1. The van der Waals surface area contributed by atoms with E-state index in [0.29, 0.717) is 18.9 Å². The largest absolute Gasteiger partial charge is 0.378 e. The Morgan fingerprint density at radius 3 is 2.79 bits per heavy atom. The third kappa shape index (κ3) is 2.65. The second-order valence-corrected chi connectivity index (χ2v) is 7.43. The van der Waals surface area contributed by atoms with Gasteiger partial charge in [-0.05, 0) is 30.8 Å². The summed E-state index contributed by atoms with van der Waals surface area (Å²) in [6, 6.07) is 0. The fraction of sp³-hybridized carbons (Fsp3) is 0.929. The summed E-state index contributed by atoms with van der Waals surface area (Å²) < 4.78 is 5.65. The van der Waals surface area contributed by atoms with Gasteiger partial charge >= 0.3 is 0 Å². The van der Waals surface area contributed by atoms with Crippen molar-refractivity contribution in [2.45, 2.75) is 45.3 Å². The van der Waals surface area contributed by atoms with Gasteiger partial charge in [-0.3, -0.25) is 4.79 Å². The van der Waals surface area contributed by atoms with Crippen LogP contribution in [0.3, 0.4) is 0 Å². The summed E-state index contributed by atoms with van der Waals surface area (Å²) in [5.74, 6) is 2.98. The topological polar surface area (TPSA) is 64.3 Å². The third-order valence-corrected chi connectivity index (χ3v) is 6.04. The molecule has 1 saturated carbocycles. The highest BCUT2D eigenvalue weighted by Crippen LogP contribution is 2.49. The predicted octanol–water partition coefficient (Wildman–Crippen LogP) is 1.39. The summed E-state index contributed by atoms with van der Waals surface area (Å²) >= 11 is 1.97. The Morgan fingerprint density at radius 2 is 2.26 bits per heavy atom. The molecule has 4 nitrogen and oxygen atoms in total. The van der Waals surface area contributed by atoms with Crippen molar-refractivity contribution in [3.63, 3.8) is 0 Å².